The first-order valence-corrected chi connectivity index (χ1v) is 1.79. The molecule has 49 valence electrons. The molecule has 0 atom stereocenters. The molecule has 10 heavy (non-hydrogen) atoms. The minimum atomic E-state index is 0. The van der Waals surface area contributed by atoms with Gasteiger partial charge in [-0.05, 0) is 0 Å². The van der Waals surface area contributed by atoms with E-state index in [1.54, 1.807) is 0 Å². The van der Waals surface area contributed by atoms with Crippen molar-refractivity contribution >= 4 is 114 Å². The zero-order chi connectivity index (χ0) is 5.41. The van der Waals surface area contributed by atoms with Crippen molar-refractivity contribution in [2.45, 2.75) is 0 Å². The van der Waals surface area contributed by atoms with Gasteiger partial charge in [0.2, 0.25) is 0 Å². The van der Waals surface area contributed by atoms with Crippen LogP contribution in [-0.4, -0.2) is 88.7 Å². The molecule has 0 rings (SSSR count). The molecule has 0 spiro atoms. The quantitative estimate of drug-likeness (QED) is 0.313. The van der Waals surface area contributed by atoms with Crippen molar-refractivity contribution in [2.75, 3.05) is 0 Å². The molecule has 1 radical (unpaired) electrons. The van der Waals surface area contributed by atoms with Crippen LogP contribution < -0.4 is 0 Å². The summed E-state index contributed by atoms with van der Waals surface area (Å²) >= 11 is 6.19. The van der Waals surface area contributed by atoms with Crippen LogP contribution in [0.15, 0.2) is 0 Å². The fourth-order valence-corrected chi connectivity index (χ4v) is 0. The van der Waals surface area contributed by atoms with Gasteiger partial charge in [0, 0.05) is 22.4 Å². The van der Waals surface area contributed by atoms with E-state index >= 15 is 0 Å². The van der Waals surface area contributed by atoms with E-state index in [1.165, 1.54) is 10.8 Å². The molecule has 8 heteroatoms. The Morgan fingerprint density at radius 3 is 0.800 bits per heavy atom. The van der Waals surface area contributed by atoms with Gasteiger partial charge in [0.15, 0.2) is 0 Å². The van der Waals surface area contributed by atoms with Crippen LogP contribution in [0.3, 0.4) is 0 Å². The summed E-state index contributed by atoms with van der Waals surface area (Å²) < 4.78 is 0. The summed E-state index contributed by atoms with van der Waals surface area (Å²) in [5, 5.41) is 17.3. The SMILES string of the molecule is N#CS.N#CS.[Au].[NaH].[NaH].[NaH]. The van der Waals surface area contributed by atoms with Gasteiger partial charge in [-0.2, -0.15) is 10.5 Å². The second-order valence-corrected chi connectivity index (χ2v) is 0.600. The Morgan fingerprint density at radius 2 is 0.800 bits per heavy atom. The Labute approximate surface area is 154 Å². The van der Waals surface area contributed by atoms with E-state index in [-0.39, 0.29) is 111 Å². The van der Waals surface area contributed by atoms with Crippen molar-refractivity contribution in [3.05, 3.63) is 0 Å². The fraction of sp³-hybridized carbons (Fsp3) is 0. The van der Waals surface area contributed by atoms with Crippen LogP contribution >= 0.6 is 25.3 Å². The summed E-state index contributed by atoms with van der Waals surface area (Å²) in [6.45, 7) is 0. The summed E-state index contributed by atoms with van der Waals surface area (Å²) in [5.74, 6) is 0. The first-order valence-electron chi connectivity index (χ1n) is 0.894. The van der Waals surface area contributed by atoms with Crippen LogP contribution in [0.1, 0.15) is 0 Å². The van der Waals surface area contributed by atoms with Crippen LogP contribution in [0.4, 0.5) is 0 Å². The molecule has 0 aliphatic heterocycles. The van der Waals surface area contributed by atoms with Crippen molar-refractivity contribution in [3.8, 4) is 10.8 Å². The van der Waals surface area contributed by atoms with Gasteiger partial charge in [0.05, 0.1) is 0 Å². The van der Waals surface area contributed by atoms with Crippen LogP contribution in [0.2, 0.25) is 0 Å². The number of rotatable bonds is 0. The van der Waals surface area contributed by atoms with E-state index in [2.05, 4.69) is 25.3 Å². The summed E-state index contributed by atoms with van der Waals surface area (Å²) in [5.41, 5.74) is 0. The molecule has 0 heterocycles. The van der Waals surface area contributed by atoms with E-state index in [0.717, 1.165) is 0 Å². The predicted molar refractivity (Wildman–Crippen MR) is 50.6 cm³/mol. The molecule has 0 unspecified atom stereocenters. The average molecular weight is 387 g/mol. The second kappa shape index (κ2) is 55.1. The van der Waals surface area contributed by atoms with E-state index in [1.807, 2.05) is 0 Å². The molecular weight excluding hydrogens is 382 g/mol. The molecule has 0 saturated heterocycles. The number of nitriles is 2. The first-order chi connectivity index (χ1) is 2.83. The van der Waals surface area contributed by atoms with Crippen LogP contribution in [0, 0.1) is 21.3 Å². The van der Waals surface area contributed by atoms with E-state index < -0.39 is 0 Å². The Balaban J connectivity index is -0.00000000571. The van der Waals surface area contributed by atoms with Crippen molar-refractivity contribution in [3.63, 3.8) is 0 Å². The first kappa shape index (κ1) is 37.6. The number of nitrogens with zero attached hydrogens (tertiary/aromatic N) is 2. The molecular formula is C2H5AuN2Na3S2. The van der Waals surface area contributed by atoms with Gasteiger partial charge in [0.1, 0.15) is 10.8 Å². The molecule has 2 nitrogen and oxygen atoms in total. The van der Waals surface area contributed by atoms with Gasteiger partial charge in [-0.15, -0.1) is 0 Å². The monoisotopic (exact) mass is 387 g/mol. The maximum atomic E-state index is 7.18. The maximum absolute atomic E-state index is 7.18. The third kappa shape index (κ3) is 106. The van der Waals surface area contributed by atoms with Crippen LogP contribution in [-0.2, 0) is 22.4 Å². The molecule has 0 N–H and O–H groups in total. The van der Waals surface area contributed by atoms with Crippen molar-refractivity contribution < 1.29 is 22.4 Å². The van der Waals surface area contributed by atoms with Gasteiger partial charge in [-0.3, -0.25) is 0 Å². The molecule has 0 fully saturated rings. The van der Waals surface area contributed by atoms with Gasteiger partial charge in [-0.1, -0.05) is 25.3 Å². The molecule has 0 bridgehead atoms. The van der Waals surface area contributed by atoms with E-state index in [4.69, 9.17) is 10.5 Å². The Bertz CT molecular complexity index is 77.5. The summed E-state index contributed by atoms with van der Waals surface area (Å²) in [6.07, 6.45) is 0. The van der Waals surface area contributed by atoms with E-state index in [9.17, 15) is 0 Å². The number of thiocyanates is 2. The third-order valence-electron chi connectivity index (χ3n) is 0. The van der Waals surface area contributed by atoms with Crippen molar-refractivity contribution in [1.29, 1.82) is 10.5 Å². The Hall–Kier alpha value is 3.42. The average Bonchev–Trinajstić information content (AvgIpc) is 1.39. The molecule has 0 aromatic heterocycles. The predicted octanol–water partition coefficient (Wildman–Crippen LogP) is -1.15. The Kier molecular flexibility index (Phi) is 207. The topological polar surface area (TPSA) is 47.6 Å². The van der Waals surface area contributed by atoms with Gasteiger partial charge < -0.3 is 0 Å². The minimum absolute atomic E-state index is 0. The number of hydrogen-bond donors (Lipinski definition) is 2. The fourth-order valence-electron chi connectivity index (χ4n) is 0. The van der Waals surface area contributed by atoms with Crippen LogP contribution in [0.25, 0.3) is 0 Å². The molecule has 0 aliphatic carbocycles. The van der Waals surface area contributed by atoms with E-state index in [0.29, 0.717) is 0 Å². The summed E-state index contributed by atoms with van der Waals surface area (Å²) in [6, 6.07) is 0. The zero-order valence-corrected chi connectivity index (χ0v) is 7.05. The number of hydrogen-bond acceptors (Lipinski definition) is 4. The summed E-state index contributed by atoms with van der Waals surface area (Å²) in [4.78, 5) is 0. The molecule has 0 aromatic carbocycles. The van der Waals surface area contributed by atoms with Crippen molar-refractivity contribution in [1.82, 2.24) is 0 Å². The van der Waals surface area contributed by atoms with Crippen LogP contribution in [0.5, 0.6) is 0 Å². The standard InChI is InChI=1S/2CHNS.Au.3Na.3H/c2*2-1-3;;;;;;;/h2*3H;;;;;;;. The Morgan fingerprint density at radius 1 is 0.800 bits per heavy atom. The molecule has 0 amide bonds. The summed E-state index contributed by atoms with van der Waals surface area (Å²) in [7, 11) is 0. The normalized spacial score (nSPS) is 1.60. The molecule has 0 aromatic rings. The van der Waals surface area contributed by atoms with Gasteiger partial charge in [0.25, 0.3) is 0 Å². The zero-order valence-electron chi connectivity index (χ0n) is 3.09. The third-order valence-corrected chi connectivity index (χ3v) is 0. The number of thiol groups is 2. The van der Waals surface area contributed by atoms with Gasteiger partial charge >= 0.3 is 88.7 Å². The molecule has 0 saturated carbocycles. The molecule has 0 aliphatic rings. The van der Waals surface area contributed by atoms with Gasteiger partial charge in [-0.25, -0.2) is 0 Å². The van der Waals surface area contributed by atoms with Crippen molar-refractivity contribution in [2.24, 2.45) is 0 Å². The second-order valence-electron chi connectivity index (χ2n) is 0.200.